The van der Waals surface area contributed by atoms with Crippen LogP contribution in [0, 0.1) is 0 Å². The Morgan fingerprint density at radius 3 is 2.00 bits per heavy atom. The first kappa shape index (κ1) is 14.1. The average Bonchev–Trinajstić information content (AvgIpc) is 2.46. The van der Waals surface area contributed by atoms with Gasteiger partial charge in [0.25, 0.3) is 0 Å². The van der Waals surface area contributed by atoms with Crippen molar-refractivity contribution < 1.29 is 0 Å². The molecule has 0 aliphatic heterocycles. The lowest BCUT2D eigenvalue weighted by Crippen LogP contribution is -2.21. The number of rotatable bonds is 5. The normalized spacial score (nSPS) is 10.3. The molecule has 0 saturated heterocycles. The van der Waals surface area contributed by atoms with Crippen molar-refractivity contribution in [2.45, 2.75) is 13.8 Å². The van der Waals surface area contributed by atoms with Crippen molar-refractivity contribution in [2.24, 2.45) is 0 Å². The highest BCUT2D eigenvalue weighted by Gasteiger charge is 2.02. The van der Waals surface area contributed by atoms with Gasteiger partial charge in [0.2, 0.25) is 0 Å². The van der Waals surface area contributed by atoms with E-state index in [1.165, 1.54) is 5.69 Å². The molecule has 0 radical (unpaired) electrons. The summed E-state index contributed by atoms with van der Waals surface area (Å²) in [5.41, 5.74) is 15.9. The molecule has 5 N–H and O–H groups in total. The molecule has 0 unspecified atom stereocenters. The van der Waals surface area contributed by atoms with E-state index in [-0.39, 0.29) is 0 Å². The van der Waals surface area contributed by atoms with Crippen LogP contribution in [0.1, 0.15) is 13.8 Å². The Balaban J connectivity index is 2.12. The van der Waals surface area contributed by atoms with E-state index < -0.39 is 0 Å². The lowest BCUT2D eigenvalue weighted by atomic mass is 10.2. The van der Waals surface area contributed by atoms with Gasteiger partial charge < -0.3 is 21.7 Å². The third kappa shape index (κ3) is 3.15. The number of benzene rings is 2. The van der Waals surface area contributed by atoms with Crippen LogP contribution >= 0.6 is 0 Å². The van der Waals surface area contributed by atoms with Gasteiger partial charge >= 0.3 is 0 Å². The summed E-state index contributed by atoms with van der Waals surface area (Å²) >= 11 is 0. The van der Waals surface area contributed by atoms with Gasteiger partial charge in [0.1, 0.15) is 0 Å². The Bertz CT molecular complexity index is 559. The molecule has 0 fully saturated rings. The van der Waals surface area contributed by atoms with E-state index in [0.29, 0.717) is 11.4 Å². The third-order valence-corrected chi connectivity index (χ3v) is 3.37. The molecule has 106 valence electrons. The lowest BCUT2D eigenvalue weighted by Gasteiger charge is -2.21. The van der Waals surface area contributed by atoms with Crippen LogP contribution in [-0.4, -0.2) is 13.1 Å². The molecule has 0 aliphatic rings. The van der Waals surface area contributed by atoms with Crippen molar-refractivity contribution >= 4 is 28.4 Å². The summed E-state index contributed by atoms with van der Waals surface area (Å²) < 4.78 is 0. The fourth-order valence-corrected chi connectivity index (χ4v) is 2.16. The summed E-state index contributed by atoms with van der Waals surface area (Å²) in [5.74, 6) is 0. The van der Waals surface area contributed by atoms with Crippen LogP contribution in [0.15, 0.2) is 42.5 Å². The zero-order valence-electron chi connectivity index (χ0n) is 12.1. The van der Waals surface area contributed by atoms with E-state index in [2.05, 4.69) is 48.3 Å². The Labute approximate surface area is 120 Å². The van der Waals surface area contributed by atoms with Crippen LogP contribution in [0.5, 0.6) is 0 Å². The number of nitrogens with one attached hydrogen (secondary N) is 1. The fourth-order valence-electron chi connectivity index (χ4n) is 2.16. The molecule has 0 spiro atoms. The molecule has 4 heteroatoms. The summed E-state index contributed by atoms with van der Waals surface area (Å²) in [6.45, 7) is 6.34. The summed E-state index contributed by atoms with van der Waals surface area (Å²) in [7, 11) is 0. The molecule has 0 bridgehead atoms. The maximum Gasteiger partial charge on any atom is 0.0568 e. The molecule has 4 nitrogen and oxygen atoms in total. The minimum atomic E-state index is 0.592. The van der Waals surface area contributed by atoms with Crippen molar-refractivity contribution in [1.82, 2.24) is 0 Å². The molecule has 2 aromatic carbocycles. The van der Waals surface area contributed by atoms with E-state index >= 15 is 0 Å². The molecule has 0 saturated carbocycles. The summed E-state index contributed by atoms with van der Waals surface area (Å²) in [4.78, 5) is 2.31. The molecule has 0 amide bonds. The second kappa shape index (κ2) is 6.19. The van der Waals surface area contributed by atoms with Crippen molar-refractivity contribution in [3.8, 4) is 0 Å². The van der Waals surface area contributed by atoms with Gasteiger partial charge in [0.05, 0.1) is 11.4 Å². The molecule has 0 aliphatic carbocycles. The minimum absolute atomic E-state index is 0.592. The first-order valence-corrected chi connectivity index (χ1v) is 6.91. The maximum absolute atomic E-state index is 5.80. The number of hydrogen-bond donors (Lipinski definition) is 3. The molecule has 20 heavy (non-hydrogen) atoms. The summed E-state index contributed by atoms with van der Waals surface area (Å²) in [6.07, 6.45) is 0. The largest absolute Gasteiger partial charge is 0.397 e. The standard InChI is InChI=1S/C16H22N4/c1-3-20(4-2)14-8-5-12(6-9-14)19-13-7-10-15(17)16(18)11-13/h5-11,19H,3-4,17-18H2,1-2H3. The van der Waals surface area contributed by atoms with Gasteiger partial charge in [-0.15, -0.1) is 0 Å². The molecule has 0 heterocycles. The molecular formula is C16H22N4. The third-order valence-electron chi connectivity index (χ3n) is 3.37. The summed E-state index contributed by atoms with van der Waals surface area (Å²) in [5, 5.41) is 3.32. The molecular weight excluding hydrogens is 248 g/mol. The second-order valence-electron chi connectivity index (χ2n) is 4.69. The van der Waals surface area contributed by atoms with Crippen molar-refractivity contribution in [2.75, 3.05) is 34.8 Å². The fraction of sp³-hybridized carbons (Fsp3) is 0.250. The zero-order valence-corrected chi connectivity index (χ0v) is 12.1. The van der Waals surface area contributed by atoms with Crippen molar-refractivity contribution in [3.05, 3.63) is 42.5 Å². The van der Waals surface area contributed by atoms with Crippen LogP contribution < -0.4 is 21.7 Å². The predicted molar refractivity (Wildman–Crippen MR) is 88.6 cm³/mol. The topological polar surface area (TPSA) is 67.3 Å². The Kier molecular flexibility index (Phi) is 4.35. The van der Waals surface area contributed by atoms with Crippen molar-refractivity contribution in [1.29, 1.82) is 0 Å². The van der Waals surface area contributed by atoms with Gasteiger partial charge in [-0.05, 0) is 56.3 Å². The monoisotopic (exact) mass is 270 g/mol. The second-order valence-corrected chi connectivity index (χ2v) is 4.69. The van der Waals surface area contributed by atoms with Gasteiger partial charge in [-0.3, -0.25) is 0 Å². The van der Waals surface area contributed by atoms with Crippen LogP contribution in [-0.2, 0) is 0 Å². The smallest absolute Gasteiger partial charge is 0.0568 e. The van der Waals surface area contributed by atoms with Gasteiger partial charge in [-0.2, -0.15) is 0 Å². The molecule has 2 rings (SSSR count). The quantitative estimate of drug-likeness (QED) is 0.728. The van der Waals surface area contributed by atoms with Crippen molar-refractivity contribution in [3.63, 3.8) is 0 Å². The maximum atomic E-state index is 5.80. The highest BCUT2D eigenvalue weighted by Crippen LogP contribution is 2.24. The van der Waals surface area contributed by atoms with Gasteiger partial charge in [-0.1, -0.05) is 0 Å². The van der Waals surface area contributed by atoms with E-state index in [9.17, 15) is 0 Å². The van der Waals surface area contributed by atoms with E-state index in [1.54, 1.807) is 0 Å². The number of nitrogens with zero attached hydrogens (tertiary/aromatic N) is 1. The Morgan fingerprint density at radius 1 is 0.850 bits per heavy atom. The molecule has 0 aromatic heterocycles. The highest BCUT2D eigenvalue weighted by atomic mass is 15.1. The van der Waals surface area contributed by atoms with Crippen LogP contribution in [0.25, 0.3) is 0 Å². The Morgan fingerprint density at radius 2 is 1.45 bits per heavy atom. The van der Waals surface area contributed by atoms with Crippen LogP contribution in [0.3, 0.4) is 0 Å². The molecule has 0 atom stereocenters. The first-order valence-electron chi connectivity index (χ1n) is 6.91. The minimum Gasteiger partial charge on any atom is -0.397 e. The van der Waals surface area contributed by atoms with E-state index in [4.69, 9.17) is 11.5 Å². The number of nitrogen functional groups attached to an aromatic ring is 2. The van der Waals surface area contributed by atoms with E-state index in [0.717, 1.165) is 24.5 Å². The average molecular weight is 270 g/mol. The van der Waals surface area contributed by atoms with Crippen LogP contribution in [0.4, 0.5) is 28.4 Å². The number of nitrogens with two attached hydrogens (primary N) is 2. The lowest BCUT2D eigenvalue weighted by molar-refractivity contribution is 0.866. The number of hydrogen-bond acceptors (Lipinski definition) is 4. The first-order chi connectivity index (χ1) is 9.63. The van der Waals surface area contributed by atoms with Gasteiger partial charge in [0, 0.05) is 30.2 Å². The number of anilines is 5. The van der Waals surface area contributed by atoms with Gasteiger partial charge in [0.15, 0.2) is 0 Å². The zero-order chi connectivity index (χ0) is 14.5. The van der Waals surface area contributed by atoms with E-state index in [1.807, 2.05) is 18.2 Å². The van der Waals surface area contributed by atoms with Crippen LogP contribution in [0.2, 0.25) is 0 Å². The Hall–Kier alpha value is -2.36. The van der Waals surface area contributed by atoms with Gasteiger partial charge in [-0.25, -0.2) is 0 Å². The summed E-state index contributed by atoms with van der Waals surface area (Å²) in [6, 6.07) is 14.0. The highest BCUT2D eigenvalue weighted by molar-refractivity contribution is 5.72. The molecule has 2 aromatic rings. The predicted octanol–water partition coefficient (Wildman–Crippen LogP) is 3.44. The SMILES string of the molecule is CCN(CC)c1ccc(Nc2ccc(N)c(N)c2)cc1.